The van der Waals surface area contributed by atoms with Crippen LogP contribution in [0, 0.1) is 12.7 Å². The summed E-state index contributed by atoms with van der Waals surface area (Å²) in [5, 5.41) is 9.21. The fraction of sp³-hybridized carbons (Fsp3) is 0.125. The van der Waals surface area contributed by atoms with Crippen molar-refractivity contribution < 1.29 is 19.1 Å². The molecule has 8 heteroatoms. The van der Waals surface area contributed by atoms with Gasteiger partial charge in [0.05, 0.1) is 16.1 Å². The van der Waals surface area contributed by atoms with Crippen LogP contribution in [0.3, 0.4) is 0 Å². The second kappa shape index (κ2) is 8.80. The van der Waals surface area contributed by atoms with Gasteiger partial charge in [-0.05, 0) is 55.0 Å². The van der Waals surface area contributed by atoms with Crippen molar-refractivity contribution in [1.29, 1.82) is 0 Å². The van der Waals surface area contributed by atoms with Gasteiger partial charge in [0, 0.05) is 17.8 Å². The van der Waals surface area contributed by atoms with E-state index in [4.69, 9.17) is 11.6 Å². The molecule has 0 radical (unpaired) electrons. The summed E-state index contributed by atoms with van der Waals surface area (Å²) in [6, 6.07) is 18.9. The molecule has 4 rings (SSSR count). The number of carbonyl (C=O) groups is 2. The summed E-state index contributed by atoms with van der Waals surface area (Å²) in [6.45, 7) is 1.34. The van der Waals surface area contributed by atoms with Gasteiger partial charge in [0.1, 0.15) is 18.2 Å². The van der Waals surface area contributed by atoms with E-state index in [-0.39, 0.29) is 11.6 Å². The Labute approximate surface area is 188 Å². The van der Waals surface area contributed by atoms with Crippen LogP contribution < -0.4 is 0 Å². The number of aryl methyl sites for hydroxylation is 1. The zero-order valence-corrected chi connectivity index (χ0v) is 17.9. The second-order valence-electron chi connectivity index (χ2n) is 7.34. The van der Waals surface area contributed by atoms with E-state index < -0.39 is 24.2 Å². The highest BCUT2D eigenvalue weighted by Crippen LogP contribution is 2.24. The number of aliphatic carboxylic acids is 1. The molecule has 1 amide bonds. The first-order valence-corrected chi connectivity index (χ1v) is 10.2. The summed E-state index contributed by atoms with van der Waals surface area (Å²) in [6.07, 6.45) is 0. The van der Waals surface area contributed by atoms with E-state index in [0.29, 0.717) is 16.6 Å². The summed E-state index contributed by atoms with van der Waals surface area (Å²) in [4.78, 5) is 30.3. The topological polar surface area (TPSA) is 75.4 Å². The molecule has 0 bridgehead atoms. The molecule has 4 aromatic rings. The predicted molar refractivity (Wildman–Crippen MR) is 120 cm³/mol. The average molecular weight is 452 g/mol. The summed E-state index contributed by atoms with van der Waals surface area (Å²) >= 11 is 5.83. The fourth-order valence-corrected chi connectivity index (χ4v) is 3.84. The quantitative estimate of drug-likeness (QED) is 0.454. The number of aromatic nitrogens is 2. The van der Waals surface area contributed by atoms with Gasteiger partial charge in [-0.2, -0.15) is 0 Å². The monoisotopic (exact) mass is 451 g/mol. The molecule has 1 aromatic heterocycles. The molecule has 0 aliphatic rings. The number of hydrogen-bond donors (Lipinski definition) is 1. The molecule has 6 nitrogen and oxygen atoms in total. The number of carbonyl (C=O) groups excluding carboxylic acids is 1. The molecule has 0 spiro atoms. The van der Waals surface area contributed by atoms with Gasteiger partial charge >= 0.3 is 5.97 Å². The number of rotatable bonds is 6. The Morgan fingerprint density at radius 2 is 1.84 bits per heavy atom. The Morgan fingerprint density at radius 1 is 1.09 bits per heavy atom. The molecule has 0 aliphatic heterocycles. The lowest BCUT2D eigenvalue weighted by Crippen LogP contribution is -2.35. The van der Waals surface area contributed by atoms with Crippen molar-refractivity contribution in [1.82, 2.24) is 14.5 Å². The van der Waals surface area contributed by atoms with Crippen LogP contribution >= 0.6 is 11.6 Å². The van der Waals surface area contributed by atoms with Crippen LogP contribution in [0.5, 0.6) is 0 Å². The van der Waals surface area contributed by atoms with Crippen LogP contribution in [0.4, 0.5) is 4.39 Å². The Hall–Kier alpha value is -3.71. The Morgan fingerprint density at radius 3 is 2.53 bits per heavy atom. The van der Waals surface area contributed by atoms with E-state index in [1.54, 1.807) is 18.2 Å². The number of para-hydroxylation sites is 1. The predicted octanol–water partition coefficient (Wildman–Crippen LogP) is 4.85. The summed E-state index contributed by atoms with van der Waals surface area (Å²) < 4.78 is 15.4. The normalized spacial score (nSPS) is 11.0. The van der Waals surface area contributed by atoms with Gasteiger partial charge in [-0.1, -0.05) is 35.9 Å². The van der Waals surface area contributed by atoms with Crippen LogP contribution in [-0.2, 0) is 11.3 Å². The molecule has 162 valence electrons. The molecule has 0 unspecified atom stereocenters. The lowest BCUT2D eigenvalue weighted by molar-refractivity contribution is -0.137. The van der Waals surface area contributed by atoms with E-state index in [1.807, 2.05) is 41.8 Å². The number of carboxylic acids is 1. The number of benzene rings is 3. The minimum atomic E-state index is -1.16. The lowest BCUT2D eigenvalue weighted by atomic mass is 10.1. The number of halogens is 2. The van der Waals surface area contributed by atoms with E-state index >= 15 is 0 Å². The first-order valence-electron chi connectivity index (χ1n) is 9.83. The van der Waals surface area contributed by atoms with Gasteiger partial charge < -0.3 is 10.0 Å². The Kier molecular flexibility index (Phi) is 5.92. The number of imidazole rings is 1. The highest BCUT2D eigenvalue weighted by Gasteiger charge is 2.21. The van der Waals surface area contributed by atoms with Gasteiger partial charge in [-0.15, -0.1) is 0 Å². The molecule has 32 heavy (non-hydrogen) atoms. The van der Waals surface area contributed by atoms with Crippen LogP contribution in [0.25, 0.3) is 16.7 Å². The van der Waals surface area contributed by atoms with Gasteiger partial charge in [-0.25, -0.2) is 9.37 Å². The molecule has 3 aromatic carbocycles. The van der Waals surface area contributed by atoms with Gasteiger partial charge in [0.25, 0.3) is 5.91 Å². The van der Waals surface area contributed by atoms with Crippen LogP contribution in [0.15, 0.2) is 66.7 Å². The van der Waals surface area contributed by atoms with Crippen molar-refractivity contribution >= 4 is 34.5 Å². The number of fused-ring (bicyclic) bond motifs is 1. The van der Waals surface area contributed by atoms with Crippen molar-refractivity contribution in [3.63, 3.8) is 0 Å². The smallest absolute Gasteiger partial charge is 0.323 e. The third-order valence-electron chi connectivity index (χ3n) is 5.05. The molecular formula is C24H19ClFN3O3. The number of carboxylic acid groups (broad SMARTS) is 1. The lowest BCUT2D eigenvalue weighted by Gasteiger charge is -2.21. The fourth-order valence-electron chi connectivity index (χ4n) is 3.64. The van der Waals surface area contributed by atoms with E-state index in [1.165, 1.54) is 23.1 Å². The first-order chi connectivity index (χ1) is 15.3. The summed E-state index contributed by atoms with van der Waals surface area (Å²) in [5.74, 6) is -1.45. The standard InChI is InChI=1S/C24H19ClFN3O3/c1-15-27-21-12-17(8-10-22(21)29(15)18-5-3-2-4-6-18)24(32)28(14-23(30)31)13-16-7-9-20(26)19(25)11-16/h2-12H,13-14H2,1H3,(H,30,31). The second-order valence-corrected chi connectivity index (χ2v) is 7.74. The first kappa shape index (κ1) is 21.5. The van der Waals surface area contributed by atoms with Crippen molar-refractivity contribution in [2.24, 2.45) is 0 Å². The number of hydrogen-bond acceptors (Lipinski definition) is 3. The zero-order chi connectivity index (χ0) is 22.8. The highest BCUT2D eigenvalue weighted by molar-refractivity contribution is 6.30. The van der Waals surface area contributed by atoms with Crippen molar-refractivity contribution in [2.45, 2.75) is 13.5 Å². The third-order valence-corrected chi connectivity index (χ3v) is 5.34. The van der Waals surface area contributed by atoms with E-state index in [9.17, 15) is 19.1 Å². The molecule has 0 saturated heterocycles. The average Bonchev–Trinajstić information content (AvgIpc) is 3.10. The summed E-state index contributed by atoms with van der Waals surface area (Å²) in [7, 11) is 0. The highest BCUT2D eigenvalue weighted by atomic mass is 35.5. The Bertz CT molecular complexity index is 1320. The van der Waals surface area contributed by atoms with Crippen molar-refractivity contribution in [2.75, 3.05) is 6.54 Å². The van der Waals surface area contributed by atoms with E-state index in [2.05, 4.69) is 4.98 Å². The summed E-state index contributed by atoms with van der Waals surface area (Å²) in [5.41, 5.74) is 3.24. The molecule has 0 aliphatic carbocycles. The van der Waals surface area contributed by atoms with Crippen molar-refractivity contribution in [3.8, 4) is 5.69 Å². The van der Waals surface area contributed by atoms with Gasteiger partial charge in [0.2, 0.25) is 0 Å². The Balaban J connectivity index is 1.68. The third kappa shape index (κ3) is 4.33. The van der Waals surface area contributed by atoms with Crippen LogP contribution in [0.1, 0.15) is 21.7 Å². The van der Waals surface area contributed by atoms with Crippen LogP contribution in [0.2, 0.25) is 5.02 Å². The number of amides is 1. The van der Waals surface area contributed by atoms with Gasteiger partial charge in [0.15, 0.2) is 0 Å². The van der Waals surface area contributed by atoms with Crippen molar-refractivity contribution in [3.05, 3.63) is 94.5 Å². The molecule has 0 saturated carbocycles. The largest absolute Gasteiger partial charge is 0.480 e. The molecule has 0 fully saturated rings. The van der Waals surface area contributed by atoms with E-state index in [0.717, 1.165) is 17.0 Å². The minimum absolute atomic E-state index is 0.0271. The maximum Gasteiger partial charge on any atom is 0.323 e. The zero-order valence-electron chi connectivity index (χ0n) is 17.1. The SMILES string of the molecule is Cc1nc2cc(C(=O)N(CC(=O)O)Cc3ccc(F)c(Cl)c3)ccc2n1-c1ccccc1. The van der Waals surface area contributed by atoms with Gasteiger partial charge in [-0.3, -0.25) is 14.2 Å². The van der Waals surface area contributed by atoms with Crippen LogP contribution in [-0.4, -0.2) is 38.0 Å². The maximum absolute atomic E-state index is 13.5. The number of nitrogens with zero attached hydrogens (tertiary/aromatic N) is 3. The minimum Gasteiger partial charge on any atom is -0.480 e. The molecule has 1 N–H and O–H groups in total. The molecule has 0 atom stereocenters. The maximum atomic E-state index is 13.5. The molecule has 1 heterocycles. The molecular weight excluding hydrogens is 433 g/mol.